The van der Waals surface area contributed by atoms with Crippen LogP contribution in [-0.2, 0) is 0 Å². The number of fused-ring (bicyclic) bond motifs is 5. The highest BCUT2D eigenvalue weighted by molar-refractivity contribution is 5.15. The van der Waals surface area contributed by atoms with E-state index in [2.05, 4.69) is 19.3 Å². The van der Waals surface area contributed by atoms with Gasteiger partial charge in [-0.1, -0.05) is 26.7 Å². The van der Waals surface area contributed by atoms with E-state index in [4.69, 9.17) is 5.84 Å². The molecule has 0 saturated heterocycles. The second-order valence-corrected chi connectivity index (χ2v) is 7.16. The number of hydrogen-bond donors (Lipinski definition) is 2. The highest BCUT2D eigenvalue weighted by Gasteiger charge is 2.66. The number of hydrogen-bond acceptors (Lipinski definition) is 2. The van der Waals surface area contributed by atoms with Crippen LogP contribution in [0.3, 0.4) is 0 Å². The van der Waals surface area contributed by atoms with Crippen molar-refractivity contribution in [2.75, 3.05) is 0 Å². The summed E-state index contributed by atoms with van der Waals surface area (Å²) >= 11 is 0. The Kier molecular flexibility index (Phi) is 3.20. The summed E-state index contributed by atoms with van der Waals surface area (Å²) in [5.41, 5.74) is 3.14. The molecule has 5 unspecified atom stereocenters. The molecule has 0 aromatic heterocycles. The van der Waals surface area contributed by atoms with Crippen LogP contribution in [0.5, 0.6) is 0 Å². The molecule has 0 aromatic carbocycles. The zero-order chi connectivity index (χ0) is 12.0. The molecule has 2 heteroatoms. The van der Waals surface area contributed by atoms with E-state index in [0.717, 1.165) is 35.5 Å². The van der Waals surface area contributed by atoms with E-state index < -0.39 is 0 Å². The van der Waals surface area contributed by atoms with Gasteiger partial charge in [0.2, 0.25) is 0 Å². The third-order valence-corrected chi connectivity index (χ3v) is 5.77. The predicted molar refractivity (Wildman–Crippen MR) is 71.1 cm³/mol. The lowest BCUT2D eigenvalue weighted by Crippen LogP contribution is -2.38. The monoisotopic (exact) mass is 236 g/mol. The number of nitrogens with one attached hydrogen (secondary N) is 1. The van der Waals surface area contributed by atoms with Crippen molar-refractivity contribution >= 4 is 0 Å². The molecule has 0 spiro atoms. The Balaban J connectivity index is 1.50. The molecule has 5 atom stereocenters. The summed E-state index contributed by atoms with van der Waals surface area (Å²) < 4.78 is 0. The van der Waals surface area contributed by atoms with Crippen molar-refractivity contribution in [1.29, 1.82) is 0 Å². The normalized spacial score (nSPS) is 44.1. The minimum Gasteiger partial charge on any atom is -0.271 e. The maximum Gasteiger partial charge on any atom is 0.0244 e. The van der Waals surface area contributed by atoms with Gasteiger partial charge >= 0.3 is 0 Å². The van der Waals surface area contributed by atoms with Crippen LogP contribution in [0, 0.1) is 35.5 Å². The van der Waals surface area contributed by atoms with Crippen LogP contribution < -0.4 is 11.3 Å². The Labute approximate surface area is 106 Å². The van der Waals surface area contributed by atoms with E-state index in [1.165, 1.54) is 32.1 Å². The van der Waals surface area contributed by atoms with Gasteiger partial charge in [-0.3, -0.25) is 11.3 Å². The molecule has 17 heavy (non-hydrogen) atoms. The summed E-state index contributed by atoms with van der Waals surface area (Å²) in [5.74, 6) is 11.9. The first-order valence-electron chi connectivity index (χ1n) is 7.68. The van der Waals surface area contributed by atoms with Crippen LogP contribution in [0.15, 0.2) is 0 Å². The first kappa shape index (κ1) is 12.0. The second-order valence-electron chi connectivity index (χ2n) is 7.16. The minimum absolute atomic E-state index is 0.618. The van der Waals surface area contributed by atoms with Crippen LogP contribution in [0.4, 0.5) is 0 Å². The second kappa shape index (κ2) is 4.55. The van der Waals surface area contributed by atoms with Crippen molar-refractivity contribution < 1.29 is 0 Å². The summed E-state index contributed by atoms with van der Waals surface area (Å²) in [5, 5.41) is 0. The maximum absolute atomic E-state index is 5.80. The quantitative estimate of drug-likeness (QED) is 0.550. The largest absolute Gasteiger partial charge is 0.271 e. The van der Waals surface area contributed by atoms with Gasteiger partial charge in [-0.15, -0.1) is 0 Å². The van der Waals surface area contributed by atoms with Gasteiger partial charge in [0, 0.05) is 6.04 Å². The SMILES string of the molecule is CC(C)CCCC(NN)C1C2C3CCC(C3)C21. The van der Waals surface area contributed by atoms with E-state index >= 15 is 0 Å². The fourth-order valence-corrected chi connectivity index (χ4v) is 5.06. The number of rotatable bonds is 6. The third kappa shape index (κ3) is 2.04. The molecule has 3 aliphatic rings. The van der Waals surface area contributed by atoms with Crippen LogP contribution in [0.25, 0.3) is 0 Å². The first-order valence-corrected chi connectivity index (χ1v) is 7.68. The Morgan fingerprint density at radius 2 is 1.76 bits per heavy atom. The van der Waals surface area contributed by atoms with Crippen LogP contribution in [0.2, 0.25) is 0 Å². The smallest absolute Gasteiger partial charge is 0.0244 e. The molecule has 3 N–H and O–H groups in total. The van der Waals surface area contributed by atoms with Crippen molar-refractivity contribution in [3.05, 3.63) is 0 Å². The summed E-state index contributed by atoms with van der Waals surface area (Å²) in [6.07, 6.45) is 8.59. The highest BCUT2D eigenvalue weighted by Crippen LogP contribution is 2.70. The summed E-state index contributed by atoms with van der Waals surface area (Å²) in [6.45, 7) is 4.63. The van der Waals surface area contributed by atoms with Crippen LogP contribution >= 0.6 is 0 Å². The third-order valence-electron chi connectivity index (χ3n) is 5.77. The van der Waals surface area contributed by atoms with E-state index in [-0.39, 0.29) is 0 Å². The van der Waals surface area contributed by atoms with Crippen molar-refractivity contribution in [1.82, 2.24) is 5.43 Å². The molecule has 3 rings (SSSR count). The topological polar surface area (TPSA) is 38.0 Å². The maximum atomic E-state index is 5.80. The highest BCUT2D eigenvalue weighted by atomic mass is 15.2. The first-order chi connectivity index (χ1) is 8.22. The fraction of sp³-hybridized carbons (Fsp3) is 1.00. The van der Waals surface area contributed by atoms with Gasteiger partial charge in [-0.05, 0) is 61.2 Å². The molecule has 0 aromatic rings. The molecular formula is C15H28N2. The van der Waals surface area contributed by atoms with E-state index in [9.17, 15) is 0 Å². The number of hydrazine groups is 1. The summed E-state index contributed by atoms with van der Waals surface area (Å²) in [6, 6.07) is 0.618. The van der Waals surface area contributed by atoms with Gasteiger partial charge in [-0.2, -0.15) is 0 Å². The molecule has 0 aliphatic heterocycles. The fourth-order valence-electron chi connectivity index (χ4n) is 5.06. The van der Waals surface area contributed by atoms with Crippen LogP contribution in [-0.4, -0.2) is 6.04 Å². The Morgan fingerprint density at radius 1 is 1.12 bits per heavy atom. The molecule has 98 valence electrons. The molecule has 0 radical (unpaired) electrons. The molecule has 2 nitrogen and oxygen atoms in total. The Hall–Kier alpha value is -0.0800. The molecular weight excluding hydrogens is 208 g/mol. The van der Waals surface area contributed by atoms with Gasteiger partial charge in [0.05, 0.1) is 0 Å². The van der Waals surface area contributed by atoms with Crippen molar-refractivity contribution in [3.63, 3.8) is 0 Å². The average molecular weight is 236 g/mol. The predicted octanol–water partition coefficient (Wildman–Crippen LogP) is 2.94. The van der Waals surface area contributed by atoms with Crippen molar-refractivity contribution in [2.24, 2.45) is 41.4 Å². The molecule has 3 fully saturated rings. The lowest BCUT2D eigenvalue weighted by atomic mass is 9.93. The molecule has 3 aliphatic carbocycles. The standard InChI is InChI=1S/C15H28N2/c1-9(2)4-3-5-12(17-16)15-13-10-6-7-11(8-10)14(13)15/h9-15,17H,3-8,16H2,1-2H3. The molecule has 3 saturated carbocycles. The Bertz CT molecular complexity index is 260. The van der Waals surface area contributed by atoms with Gasteiger partial charge in [0.15, 0.2) is 0 Å². The lowest BCUT2D eigenvalue weighted by molar-refractivity contribution is 0.339. The zero-order valence-corrected chi connectivity index (χ0v) is 11.4. The van der Waals surface area contributed by atoms with Gasteiger partial charge in [0.25, 0.3) is 0 Å². The van der Waals surface area contributed by atoms with Crippen molar-refractivity contribution in [3.8, 4) is 0 Å². The molecule has 0 amide bonds. The average Bonchev–Trinajstić information content (AvgIpc) is 2.73. The van der Waals surface area contributed by atoms with E-state index in [1.54, 1.807) is 6.42 Å². The lowest BCUT2D eigenvalue weighted by Gasteiger charge is -2.20. The number of nitrogens with two attached hydrogens (primary N) is 1. The minimum atomic E-state index is 0.618. The summed E-state index contributed by atoms with van der Waals surface area (Å²) in [7, 11) is 0. The van der Waals surface area contributed by atoms with Gasteiger partial charge in [-0.25, -0.2) is 0 Å². The van der Waals surface area contributed by atoms with Crippen LogP contribution in [0.1, 0.15) is 52.4 Å². The Morgan fingerprint density at radius 3 is 2.29 bits per heavy atom. The van der Waals surface area contributed by atoms with E-state index in [0.29, 0.717) is 6.04 Å². The summed E-state index contributed by atoms with van der Waals surface area (Å²) in [4.78, 5) is 0. The van der Waals surface area contributed by atoms with Gasteiger partial charge in [0.1, 0.15) is 0 Å². The molecule has 2 bridgehead atoms. The van der Waals surface area contributed by atoms with Gasteiger partial charge < -0.3 is 0 Å². The van der Waals surface area contributed by atoms with E-state index in [1.807, 2.05) is 0 Å². The molecule has 0 heterocycles. The zero-order valence-electron chi connectivity index (χ0n) is 11.4. The van der Waals surface area contributed by atoms with Crippen molar-refractivity contribution in [2.45, 2.75) is 58.4 Å².